The number of hydrogen-bond donors (Lipinski definition) is 1. The van der Waals surface area contributed by atoms with Gasteiger partial charge in [0, 0.05) is 31.3 Å². The summed E-state index contributed by atoms with van der Waals surface area (Å²) in [6, 6.07) is 6.75. The van der Waals surface area contributed by atoms with Gasteiger partial charge in [-0.3, -0.25) is 4.79 Å². The average molecular weight is 376 g/mol. The molecule has 6 nitrogen and oxygen atoms in total. The number of rotatable bonds is 6. The zero-order chi connectivity index (χ0) is 18.5. The molecule has 0 fully saturated rings. The van der Waals surface area contributed by atoms with Gasteiger partial charge in [0.2, 0.25) is 17.6 Å². The second-order valence-electron chi connectivity index (χ2n) is 5.29. The number of aryl methyl sites for hydroxylation is 1. The van der Waals surface area contributed by atoms with Crippen LogP contribution >= 0.6 is 11.8 Å². The molecule has 0 spiro atoms. The molecule has 0 aliphatic carbocycles. The van der Waals surface area contributed by atoms with Crippen molar-refractivity contribution >= 4 is 17.7 Å². The summed E-state index contributed by atoms with van der Waals surface area (Å²) < 4.78 is 31.4. The van der Waals surface area contributed by atoms with Gasteiger partial charge in [0.15, 0.2) is 0 Å². The highest BCUT2D eigenvalue weighted by atomic mass is 32.2. The van der Waals surface area contributed by atoms with Crippen molar-refractivity contribution in [3.8, 4) is 11.4 Å². The van der Waals surface area contributed by atoms with Crippen LogP contribution in [0, 0.1) is 18.6 Å². The normalized spacial score (nSPS) is 10.7. The maximum absolute atomic E-state index is 13.6. The van der Waals surface area contributed by atoms with Crippen molar-refractivity contribution in [3.63, 3.8) is 0 Å². The van der Waals surface area contributed by atoms with Crippen molar-refractivity contribution in [2.45, 2.75) is 18.5 Å². The minimum absolute atomic E-state index is 0.0232. The Labute approximate surface area is 152 Å². The molecule has 0 unspecified atom stereocenters. The molecule has 1 aromatic carbocycles. The van der Waals surface area contributed by atoms with Gasteiger partial charge in [0.05, 0.1) is 11.3 Å². The van der Waals surface area contributed by atoms with Crippen LogP contribution in [0.15, 0.2) is 46.1 Å². The molecule has 0 aliphatic heterocycles. The van der Waals surface area contributed by atoms with E-state index in [1.165, 1.54) is 17.8 Å². The predicted octanol–water partition coefficient (Wildman–Crippen LogP) is 3.13. The molecule has 0 radical (unpaired) electrons. The Morgan fingerprint density at radius 2 is 2.15 bits per heavy atom. The number of benzene rings is 1. The van der Waals surface area contributed by atoms with Crippen LogP contribution in [0.2, 0.25) is 0 Å². The number of carbonyl (C=O) groups is 1. The third kappa shape index (κ3) is 4.42. The smallest absolute Gasteiger partial charge is 0.230 e. The number of nitrogens with one attached hydrogen (secondary N) is 1. The van der Waals surface area contributed by atoms with Crippen LogP contribution in [0.1, 0.15) is 11.5 Å². The number of carbonyl (C=O) groups excluding carboxylic acids is 1. The van der Waals surface area contributed by atoms with Gasteiger partial charge >= 0.3 is 0 Å². The minimum atomic E-state index is -0.697. The fraction of sp³-hybridized carbons (Fsp3) is 0.176. The SMILES string of the molecule is Cc1nc(-c2cccnc2SCC(=O)NCc2ccc(F)cc2F)no1. The van der Waals surface area contributed by atoms with Gasteiger partial charge in [-0.2, -0.15) is 4.98 Å². The van der Waals surface area contributed by atoms with E-state index in [0.29, 0.717) is 22.3 Å². The zero-order valence-corrected chi connectivity index (χ0v) is 14.5. The minimum Gasteiger partial charge on any atom is -0.351 e. The van der Waals surface area contributed by atoms with Gasteiger partial charge < -0.3 is 9.84 Å². The van der Waals surface area contributed by atoms with E-state index in [-0.39, 0.29) is 23.8 Å². The van der Waals surface area contributed by atoms with Crippen molar-refractivity contribution < 1.29 is 18.1 Å². The van der Waals surface area contributed by atoms with Crippen LogP contribution in [-0.4, -0.2) is 26.8 Å². The lowest BCUT2D eigenvalue weighted by Gasteiger charge is -2.07. The van der Waals surface area contributed by atoms with Gasteiger partial charge in [0.1, 0.15) is 16.7 Å². The number of hydrogen-bond acceptors (Lipinski definition) is 6. The molecule has 3 aromatic rings. The molecule has 1 amide bonds. The molecular weight excluding hydrogens is 362 g/mol. The quantitative estimate of drug-likeness (QED) is 0.666. The predicted molar refractivity (Wildman–Crippen MR) is 91.2 cm³/mol. The average Bonchev–Trinajstić information content (AvgIpc) is 3.05. The summed E-state index contributed by atoms with van der Waals surface area (Å²) in [6.07, 6.45) is 1.60. The van der Waals surface area contributed by atoms with Crippen molar-refractivity contribution in [1.82, 2.24) is 20.4 Å². The lowest BCUT2D eigenvalue weighted by Crippen LogP contribution is -2.25. The summed E-state index contributed by atoms with van der Waals surface area (Å²) in [5, 5.41) is 7.03. The van der Waals surface area contributed by atoms with Crippen LogP contribution in [0.25, 0.3) is 11.4 Å². The Kier molecular flexibility index (Phi) is 5.57. The van der Waals surface area contributed by atoms with E-state index in [1.54, 1.807) is 25.3 Å². The van der Waals surface area contributed by atoms with Crippen LogP contribution < -0.4 is 5.32 Å². The lowest BCUT2D eigenvalue weighted by atomic mass is 10.2. The van der Waals surface area contributed by atoms with Gasteiger partial charge in [0.25, 0.3) is 0 Å². The molecule has 134 valence electrons. The van der Waals surface area contributed by atoms with E-state index in [0.717, 1.165) is 12.1 Å². The van der Waals surface area contributed by atoms with E-state index < -0.39 is 11.6 Å². The maximum Gasteiger partial charge on any atom is 0.230 e. The monoisotopic (exact) mass is 376 g/mol. The maximum atomic E-state index is 13.6. The number of halogens is 2. The van der Waals surface area contributed by atoms with Crippen LogP contribution in [0.4, 0.5) is 8.78 Å². The first-order valence-electron chi connectivity index (χ1n) is 7.62. The second-order valence-corrected chi connectivity index (χ2v) is 6.26. The molecule has 9 heteroatoms. The summed E-state index contributed by atoms with van der Waals surface area (Å²) in [5.74, 6) is -0.765. The molecular formula is C17H14F2N4O2S. The fourth-order valence-corrected chi connectivity index (χ4v) is 2.95. The van der Waals surface area contributed by atoms with Crippen molar-refractivity contribution in [2.24, 2.45) is 0 Å². The molecule has 0 bridgehead atoms. The molecule has 0 saturated heterocycles. The standard InChI is InChI=1S/C17H14F2N4O2S/c1-10-22-16(23-25-10)13-3-2-6-20-17(13)26-9-15(24)21-8-11-4-5-12(18)7-14(11)19/h2-7H,8-9H2,1H3,(H,21,24). The lowest BCUT2D eigenvalue weighted by molar-refractivity contribution is -0.118. The van der Waals surface area contributed by atoms with Crippen LogP contribution in [-0.2, 0) is 11.3 Å². The largest absolute Gasteiger partial charge is 0.351 e. The summed E-state index contributed by atoms with van der Waals surface area (Å²) in [5.41, 5.74) is 0.872. The van der Waals surface area contributed by atoms with Crippen molar-refractivity contribution in [2.75, 3.05) is 5.75 Å². The van der Waals surface area contributed by atoms with E-state index in [4.69, 9.17) is 4.52 Å². The molecule has 1 N–H and O–H groups in total. The summed E-state index contributed by atoms with van der Waals surface area (Å²) in [4.78, 5) is 20.4. The molecule has 26 heavy (non-hydrogen) atoms. The number of pyridine rings is 1. The van der Waals surface area contributed by atoms with Crippen LogP contribution in [0.3, 0.4) is 0 Å². The molecule has 2 aromatic heterocycles. The highest BCUT2D eigenvalue weighted by molar-refractivity contribution is 8.00. The van der Waals surface area contributed by atoms with E-state index >= 15 is 0 Å². The first-order chi connectivity index (χ1) is 12.5. The molecule has 0 saturated carbocycles. The fourth-order valence-electron chi connectivity index (χ4n) is 2.13. The number of thioether (sulfide) groups is 1. The van der Waals surface area contributed by atoms with Gasteiger partial charge in [-0.05, 0) is 18.2 Å². The molecule has 2 heterocycles. The van der Waals surface area contributed by atoms with Gasteiger partial charge in [-0.15, -0.1) is 0 Å². The highest BCUT2D eigenvalue weighted by Crippen LogP contribution is 2.27. The Morgan fingerprint density at radius 1 is 1.31 bits per heavy atom. The van der Waals surface area contributed by atoms with Gasteiger partial charge in [-0.1, -0.05) is 23.0 Å². The summed E-state index contributed by atoms with van der Waals surface area (Å²) in [6.45, 7) is 1.66. The third-order valence-corrected chi connectivity index (χ3v) is 4.38. The summed E-state index contributed by atoms with van der Waals surface area (Å²) in [7, 11) is 0. The zero-order valence-electron chi connectivity index (χ0n) is 13.7. The third-order valence-electron chi connectivity index (χ3n) is 3.37. The highest BCUT2D eigenvalue weighted by Gasteiger charge is 2.14. The second kappa shape index (κ2) is 8.05. The van der Waals surface area contributed by atoms with Crippen molar-refractivity contribution in [1.29, 1.82) is 0 Å². The topological polar surface area (TPSA) is 80.9 Å². The van der Waals surface area contributed by atoms with E-state index in [2.05, 4.69) is 20.4 Å². The number of nitrogens with zero attached hydrogens (tertiary/aromatic N) is 3. The van der Waals surface area contributed by atoms with E-state index in [1.807, 2.05) is 0 Å². The molecule has 0 atom stereocenters. The molecule has 3 rings (SSSR count). The van der Waals surface area contributed by atoms with Crippen LogP contribution in [0.5, 0.6) is 0 Å². The summed E-state index contributed by atoms with van der Waals surface area (Å²) >= 11 is 1.20. The van der Waals surface area contributed by atoms with Gasteiger partial charge in [-0.25, -0.2) is 13.8 Å². The van der Waals surface area contributed by atoms with E-state index in [9.17, 15) is 13.6 Å². The number of amides is 1. The molecule has 0 aliphatic rings. The van der Waals surface area contributed by atoms with Crippen molar-refractivity contribution in [3.05, 3.63) is 59.6 Å². The first kappa shape index (κ1) is 18.0. The number of aromatic nitrogens is 3. The first-order valence-corrected chi connectivity index (χ1v) is 8.60. The Hall–Kier alpha value is -2.81. The Morgan fingerprint density at radius 3 is 2.88 bits per heavy atom. The Balaban J connectivity index is 1.60. The Bertz CT molecular complexity index is 933.